The molecule has 0 saturated heterocycles. The molecule has 1 aromatic carbocycles. The normalized spacial score (nSPS) is 11.2. The van der Waals surface area contributed by atoms with Crippen LogP contribution < -0.4 is 5.32 Å². The second kappa shape index (κ2) is 5.51. The lowest BCUT2D eigenvalue weighted by Gasteiger charge is -2.11. The molecule has 0 aliphatic heterocycles. The lowest BCUT2D eigenvalue weighted by Crippen LogP contribution is -2.07. The number of nitriles is 1. The zero-order valence-electron chi connectivity index (χ0n) is 9.96. The Morgan fingerprint density at radius 3 is 2.60 bits per heavy atom. The van der Waals surface area contributed by atoms with Crippen LogP contribution in [0.3, 0.4) is 0 Å². The van der Waals surface area contributed by atoms with Crippen LogP contribution in [0.2, 0.25) is 0 Å². The van der Waals surface area contributed by atoms with E-state index < -0.39 is 17.6 Å². The number of rotatable bonds is 3. The van der Waals surface area contributed by atoms with Crippen molar-refractivity contribution in [3.63, 3.8) is 0 Å². The van der Waals surface area contributed by atoms with Crippen LogP contribution >= 0.6 is 11.3 Å². The fourth-order valence-electron chi connectivity index (χ4n) is 1.55. The van der Waals surface area contributed by atoms with Gasteiger partial charge < -0.3 is 5.32 Å². The molecular weight excluding hydrogens is 292 g/mol. The Balaban J connectivity index is 2.15. The first-order chi connectivity index (χ1) is 9.40. The molecule has 0 radical (unpaired) electrons. The van der Waals surface area contributed by atoms with Crippen molar-refractivity contribution in [1.82, 2.24) is 0 Å². The zero-order chi connectivity index (χ0) is 14.8. The van der Waals surface area contributed by atoms with E-state index >= 15 is 0 Å². The first kappa shape index (κ1) is 14.3. The number of hydrogen-bond acceptors (Lipinski definition) is 3. The topological polar surface area (TPSA) is 35.8 Å². The Morgan fingerprint density at radius 2 is 2.00 bits per heavy atom. The molecule has 2 aromatic rings. The van der Waals surface area contributed by atoms with Gasteiger partial charge >= 0.3 is 6.18 Å². The summed E-state index contributed by atoms with van der Waals surface area (Å²) >= 11 is 1.28. The Bertz CT molecular complexity index is 655. The maximum atomic E-state index is 13.5. The second-order valence-corrected chi connectivity index (χ2v) is 4.96. The van der Waals surface area contributed by atoms with Gasteiger partial charge in [-0.05, 0) is 24.3 Å². The van der Waals surface area contributed by atoms with Gasteiger partial charge in [0.25, 0.3) is 0 Å². The lowest BCUT2D eigenvalue weighted by atomic mass is 10.2. The molecule has 0 fully saturated rings. The average molecular weight is 300 g/mol. The molecule has 0 amide bonds. The van der Waals surface area contributed by atoms with Crippen molar-refractivity contribution >= 4 is 17.0 Å². The largest absolute Gasteiger partial charge is 0.416 e. The number of hydrogen-bond donors (Lipinski definition) is 1. The standard InChI is InChI=1S/C13H8F4N2S/c14-11-2-1-9(13(15,16)17)4-12(11)19-6-10-3-8(5-18)7-20-10/h1-4,7,19H,6H2. The number of thiophene rings is 1. The lowest BCUT2D eigenvalue weighted by molar-refractivity contribution is -0.137. The quantitative estimate of drug-likeness (QED) is 0.853. The zero-order valence-corrected chi connectivity index (χ0v) is 10.8. The van der Waals surface area contributed by atoms with Crippen molar-refractivity contribution in [2.45, 2.75) is 12.7 Å². The number of benzene rings is 1. The van der Waals surface area contributed by atoms with Crippen LogP contribution in [0.15, 0.2) is 29.6 Å². The van der Waals surface area contributed by atoms with Crippen LogP contribution in [0.1, 0.15) is 16.0 Å². The van der Waals surface area contributed by atoms with Crippen molar-refractivity contribution in [2.75, 3.05) is 5.32 Å². The summed E-state index contributed by atoms with van der Waals surface area (Å²) in [7, 11) is 0. The number of anilines is 1. The average Bonchev–Trinajstić information content (AvgIpc) is 2.84. The minimum absolute atomic E-state index is 0.157. The fourth-order valence-corrected chi connectivity index (χ4v) is 2.30. The van der Waals surface area contributed by atoms with Crippen LogP contribution in [-0.4, -0.2) is 0 Å². The summed E-state index contributed by atoms with van der Waals surface area (Å²) in [5.41, 5.74) is -0.659. The van der Waals surface area contributed by atoms with Crippen LogP contribution in [0, 0.1) is 17.1 Å². The van der Waals surface area contributed by atoms with Crippen molar-refractivity contribution in [3.8, 4) is 6.07 Å². The third-order valence-electron chi connectivity index (χ3n) is 2.53. The number of nitrogens with zero attached hydrogens (tertiary/aromatic N) is 1. The van der Waals surface area contributed by atoms with Crippen LogP contribution in [-0.2, 0) is 12.7 Å². The van der Waals surface area contributed by atoms with E-state index in [0.717, 1.165) is 17.0 Å². The van der Waals surface area contributed by atoms with E-state index in [0.29, 0.717) is 11.6 Å². The van der Waals surface area contributed by atoms with Crippen molar-refractivity contribution in [2.24, 2.45) is 0 Å². The third kappa shape index (κ3) is 3.27. The van der Waals surface area contributed by atoms with Gasteiger partial charge in [0.05, 0.1) is 16.8 Å². The van der Waals surface area contributed by atoms with E-state index in [1.807, 2.05) is 6.07 Å². The van der Waals surface area contributed by atoms with E-state index in [1.165, 1.54) is 11.3 Å². The van der Waals surface area contributed by atoms with Gasteiger partial charge in [-0.3, -0.25) is 0 Å². The van der Waals surface area contributed by atoms with Gasteiger partial charge in [0.1, 0.15) is 11.9 Å². The first-order valence-corrected chi connectivity index (χ1v) is 6.36. The molecular formula is C13H8F4N2S. The molecule has 0 atom stereocenters. The number of nitrogens with one attached hydrogen (secondary N) is 1. The summed E-state index contributed by atoms with van der Waals surface area (Å²) in [4.78, 5) is 0.735. The van der Waals surface area contributed by atoms with Crippen molar-refractivity contribution in [1.29, 1.82) is 5.26 Å². The monoisotopic (exact) mass is 300 g/mol. The van der Waals surface area contributed by atoms with E-state index in [4.69, 9.17) is 5.26 Å². The summed E-state index contributed by atoms with van der Waals surface area (Å²) in [6, 6.07) is 5.75. The SMILES string of the molecule is N#Cc1csc(CNc2cc(C(F)(F)F)ccc2F)c1. The summed E-state index contributed by atoms with van der Waals surface area (Å²) in [6.45, 7) is 0.157. The summed E-state index contributed by atoms with van der Waals surface area (Å²) < 4.78 is 51.0. The Kier molecular flexibility index (Phi) is 3.95. The number of alkyl halides is 3. The van der Waals surface area contributed by atoms with Gasteiger partial charge in [-0.2, -0.15) is 18.4 Å². The first-order valence-electron chi connectivity index (χ1n) is 5.48. The molecule has 20 heavy (non-hydrogen) atoms. The van der Waals surface area contributed by atoms with Crippen LogP contribution in [0.4, 0.5) is 23.2 Å². The molecule has 1 heterocycles. The molecule has 0 aliphatic rings. The van der Waals surface area contributed by atoms with E-state index in [1.54, 1.807) is 11.4 Å². The predicted octanol–water partition coefficient (Wildman–Crippen LogP) is 4.39. The molecule has 7 heteroatoms. The molecule has 0 unspecified atom stereocenters. The highest BCUT2D eigenvalue weighted by Gasteiger charge is 2.31. The Labute approximate surface area is 116 Å². The molecule has 104 valence electrons. The molecule has 1 aromatic heterocycles. The molecule has 0 spiro atoms. The van der Waals surface area contributed by atoms with Gasteiger partial charge in [0, 0.05) is 16.8 Å². The van der Waals surface area contributed by atoms with Crippen LogP contribution in [0.25, 0.3) is 0 Å². The highest BCUT2D eigenvalue weighted by Crippen LogP contribution is 2.32. The smallest absolute Gasteiger partial charge is 0.378 e. The van der Waals surface area contributed by atoms with Crippen LogP contribution in [0.5, 0.6) is 0 Å². The van der Waals surface area contributed by atoms with Gasteiger partial charge in [-0.25, -0.2) is 4.39 Å². The van der Waals surface area contributed by atoms with Gasteiger partial charge in [0.2, 0.25) is 0 Å². The molecule has 1 N–H and O–H groups in total. The minimum atomic E-state index is -4.51. The molecule has 0 bridgehead atoms. The summed E-state index contributed by atoms with van der Waals surface area (Å²) in [6.07, 6.45) is -4.51. The van der Waals surface area contributed by atoms with Crippen molar-refractivity contribution in [3.05, 3.63) is 51.5 Å². The molecule has 2 rings (SSSR count). The summed E-state index contributed by atoms with van der Waals surface area (Å²) in [5, 5.41) is 12.9. The molecule has 2 nitrogen and oxygen atoms in total. The van der Waals surface area contributed by atoms with Gasteiger partial charge in [0.15, 0.2) is 0 Å². The van der Waals surface area contributed by atoms with E-state index in [-0.39, 0.29) is 12.2 Å². The van der Waals surface area contributed by atoms with Crippen molar-refractivity contribution < 1.29 is 17.6 Å². The molecule has 0 aliphatic carbocycles. The van der Waals surface area contributed by atoms with E-state index in [2.05, 4.69) is 5.32 Å². The minimum Gasteiger partial charge on any atom is -0.378 e. The van der Waals surface area contributed by atoms with E-state index in [9.17, 15) is 17.6 Å². The molecule has 0 saturated carbocycles. The fraction of sp³-hybridized carbons (Fsp3) is 0.154. The Hall–Kier alpha value is -2.07. The highest BCUT2D eigenvalue weighted by molar-refractivity contribution is 7.10. The highest BCUT2D eigenvalue weighted by atomic mass is 32.1. The summed E-state index contributed by atoms with van der Waals surface area (Å²) in [5.74, 6) is -0.755. The van der Waals surface area contributed by atoms with Gasteiger partial charge in [-0.1, -0.05) is 0 Å². The van der Waals surface area contributed by atoms with Gasteiger partial charge in [-0.15, -0.1) is 11.3 Å². The maximum absolute atomic E-state index is 13.5. The second-order valence-electron chi connectivity index (χ2n) is 3.96. The number of halogens is 4. The Morgan fingerprint density at radius 1 is 1.25 bits per heavy atom. The predicted molar refractivity (Wildman–Crippen MR) is 67.8 cm³/mol. The third-order valence-corrected chi connectivity index (χ3v) is 3.47. The maximum Gasteiger partial charge on any atom is 0.416 e.